The minimum absolute atomic E-state index is 0.0883. The van der Waals surface area contributed by atoms with Crippen LogP contribution >= 0.6 is 0 Å². The van der Waals surface area contributed by atoms with Gasteiger partial charge in [-0.2, -0.15) is 0 Å². The number of rotatable bonds is 3. The van der Waals surface area contributed by atoms with Crippen molar-refractivity contribution in [1.29, 1.82) is 0 Å². The number of nitrogens with two attached hydrogens (primary N) is 1. The molecule has 0 amide bonds. The van der Waals surface area contributed by atoms with Gasteiger partial charge in [-0.25, -0.2) is 4.98 Å². The zero-order valence-corrected chi connectivity index (χ0v) is 13.1. The Labute approximate surface area is 135 Å². The Morgan fingerprint density at radius 3 is 2.78 bits per heavy atom. The van der Waals surface area contributed by atoms with Crippen LogP contribution in [0.15, 0.2) is 48.8 Å². The fourth-order valence-electron chi connectivity index (χ4n) is 3.32. The first-order valence-electron chi connectivity index (χ1n) is 8.23. The molecule has 0 bridgehead atoms. The predicted octanol–water partition coefficient (Wildman–Crippen LogP) is 3.86. The minimum Gasteiger partial charge on any atom is -0.358 e. The van der Waals surface area contributed by atoms with E-state index in [9.17, 15) is 0 Å². The number of ether oxygens (including phenoxy) is 1. The standard InChI is InChI=1S/C19H21N3O/c20-12-14-10-16(15-6-2-1-3-7-15)19-17(11-14)22(13-21-19)18-8-4-5-9-23-18/h1-3,6-7,10-11,13,18H,4-5,8-9,12,20H2. The summed E-state index contributed by atoms with van der Waals surface area (Å²) >= 11 is 0. The SMILES string of the molecule is NCc1cc(-c2ccccc2)c2ncn(C3CCCCO3)c2c1. The van der Waals surface area contributed by atoms with Crippen LogP contribution < -0.4 is 5.73 Å². The summed E-state index contributed by atoms with van der Waals surface area (Å²) in [4.78, 5) is 4.69. The number of aromatic nitrogens is 2. The molecular weight excluding hydrogens is 286 g/mol. The maximum atomic E-state index is 5.94. The summed E-state index contributed by atoms with van der Waals surface area (Å²) in [7, 11) is 0. The van der Waals surface area contributed by atoms with Crippen molar-refractivity contribution in [3.8, 4) is 11.1 Å². The molecule has 4 heteroatoms. The Bertz CT molecular complexity index is 804. The highest BCUT2D eigenvalue weighted by atomic mass is 16.5. The predicted molar refractivity (Wildman–Crippen MR) is 91.9 cm³/mol. The van der Waals surface area contributed by atoms with Gasteiger partial charge in [0.05, 0.1) is 17.4 Å². The first-order chi connectivity index (χ1) is 11.4. The molecule has 1 aliphatic rings. The van der Waals surface area contributed by atoms with Gasteiger partial charge in [0.2, 0.25) is 0 Å². The summed E-state index contributed by atoms with van der Waals surface area (Å²) in [6.45, 7) is 1.35. The molecular formula is C19H21N3O. The molecule has 3 aromatic rings. The van der Waals surface area contributed by atoms with E-state index < -0.39 is 0 Å². The molecule has 1 aliphatic heterocycles. The average Bonchev–Trinajstić information content (AvgIpc) is 3.06. The lowest BCUT2D eigenvalue weighted by Gasteiger charge is -2.24. The van der Waals surface area contributed by atoms with Crippen molar-refractivity contribution in [2.45, 2.75) is 32.0 Å². The Kier molecular flexibility index (Phi) is 3.85. The van der Waals surface area contributed by atoms with Crippen molar-refractivity contribution in [2.24, 2.45) is 5.73 Å². The van der Waals surface area contributed by atoms with E-state index in [1.165, 1.54) is 12.0 Å². The highest BCUT2D eigenvalue weighted by molar-refractivity contribution is 5.92. The van der Waals surface area contributed by atoms with Crippen molar-refractivity contribution < 1.29 is 4.74 Å². The van der Waals surface area contributed by atoms with Crippen LogP contribution in [0, 0.1) is 0 Å². The smallest absolute Gasteiger partial charge is 0.135 e. The van der Waals surface area contributed by atoms with E-state index in [-0.39, 0.29) is 6.23 Å². The highest BCUT2D eigenvalue weighted by Crippen LogP contribution is 2.32. The molecule has 1 unspecified atom stereocenters. The zero-order valence-electron chi connectivity index (χ0n) is 13.1. The molecule has 0 saturated carbocycles. The van der Waals surface area contributed by atoms with Crippen LogP contribution in [0.1, 0.15) is 31.1 Å². The van der Waals surface area contributed by atoms with Crippen molar-refractivity contribution in [2.75, 3.05) is 6.61 Å². The highest BCUT2D eigenvalue weighted by Gasteiger charge is 2.19. The van der Waals surface area contributed by atoms with E-state index in [4.69, 9.17) is 10.5 Å². The van der Waals surface area contributed by atoms with Gasteiger partial charge in [0.25, 0.3) is 0 Å². The lowest BCUT2D eigenvalue weighted by molar-refractivity contribution is -0.0295. The minimum atomic E-state index is 0.0883. The largest absolute Gasteiger partial charge is 0.358 e. The van der Waals surface area contributed by atoms with Gasteiger partial charge in [0, 0.05) is 18.7 Å². The summed E-state index contributed by atoms with van der Waals surface area (Å²) in [5, 5.41) is 0. The summed E-state index contributed by atoms with van der Waals surface area (Å²) in [5.74, 6) is 0. The quantitative estimate of drug-likeness (QED) is 0.799. The molecule has 118 valence electrons. The molecule has 1 aromatic heterocycles. The Morgan fingerprint density at radius 2 is 2.04 bits per heavy atom. The number of hydrogen-bond acceptors (Lipinski definition) is 3. The molecule has 2 N–H and O–H groups in total. The van der Waals surface area contributed by atoms with Crippen LogP contribution in [-0.2, 0) is 11.3 Å². The van der Waals surface area contributed by atoms with Gasteiger partial charge in [0.15, 0.2) is 0 Å². The topological polar surface area (TPSA) is 53.1 Å². The number of benzene rings is 2. The van der Waals surface area contributed by atoms with Gasteiger partial charge >= 0.3 is 0 Å². The number of hydrogen-bond donors (Lipinski definition) is 1. The zero-order chi connectivity index (χ0) is 15.6. The van der Waals surface area contributed by atoms with Crippen molar-refractivity contribution in [3.63, 3.8) is 0 Å². The van der Waals surface area contributed by atoms with Crippen LogP contribution in [0.4, 0.5) is 0 Å². The van der Waals surface area contributed by atoms with Gasteiger partial charge in [-0.05, 0) is 42.5 Å². The van der Waals surface area contributed by atoms with E-state index >= 15 is 0 Å². The lowest BCUT2D eigenvalue weighted by atomic mass is 10.0. The van der Waals surface area contributed by atoms with Gasteiger partial charge in [0.1, 0.15) is 6.23 Å². The van der Waals surface area contributed by atoms with E-state index in [0.29, 0.717) is 6.54 Å². The molecule has 1 atom stereocenters. The Balaban J connectivity index is 1.89. The maximum Gasteiger partial charge on any atom is 0.135 e. The average molecular weight is 307 g/mol. The monoisotopic (exact) mass is 307 g/mol. The van der Waals surface area contributed by atoms with Crippen molar-refractivity contribution in [3.05, 3.63) is 54.4 Å². The first kappa shape index (κ1) is 14.4. The summed E-state index contributed by atoms with van der Waals surface area (Å²) in [6.07, 6.45) is 5.39. The lowest BCUT2D eigenvalue weighted by Crippen LogP contribution is -2.17. The van der Waals surface area contributed by atoms with E-state index in [2.05, 4.69) is 45.9 Å². The summed E-state index contributed by atoms with van der Waals surface area (Å²) in [5.41, 5.74) is 11.5. The van der Waals surface area contributed by atoms with Crippen molar-refractivity contribution >= 4 is 11.0 Å². The molecule has 1 saturated heterocycles. The van der Waals surface area contributed by atoms with Crippen LogP contribution in [0.25, 0.3) is 22.2 Å². The fourth-order valence-corrected chi connectivity index (χ4v) is 3.32. The van der Waals surface area contributed by atoms with E-state index in [1.54, 1.807) is 0 Å². The summed E-state index contributed by atoms with van der Waals surface area (Å²) in [6, 6.07) is 14.7. The van der Waals surface area contributed by atoms with E-state index in [0.717, 1.165) is 41.6 Å². The third kappa shape index (κ3) is 2.64. The molecule has 1 fully saturated rings. The van der Waals surface area contributed by atoms with Gasteiger partial charge in [-0.3, -0.25) is 0 Å². The number of fused-ring (bicyclic) bond motifs is 1. The first-order valence-corrected chi connectivity index (χ1v) is 8.23. The normalized spacial score (nSPS) is 18.4. The molecule has 0 spiro atoms. The second kappa shape index (κ2) is 6.14. The second-order valence-corrected chi connectivity index (χ2v) is 6.05. The molecule has 4 rings (SSSR count). The number of imidazole rings is 1. The van der Waals surface area contributed by atoms with Gasteiger partial charge < -0.3 is 15.0 Å². The molecule has 2 aromatic carbocycles. The number of nitrogens with zero attached hydrogens (tertiary/aromatic N) is 2. The summed E-state index contributed by atoms with van der Waals surface area (Å²) < 4.78 is 8.11. The molecule has 0 aliphatic carbocycles. The fraction of sp³-hybridized carbons (Fsp3) is 0.316. The molecule has 2 heterocycles. The molecule has 4 nitrogen and oxygen atoms in total. The molecule has 0 radical (unpaired) electrons. The Morgan fingerprint density at radius 1 is 1.17 bits per heavy atom. The maximum absolute atomic E-state index is 5.94. The third-order valence-electron chi connectivity index (χ3n) is 4.53. The van der Waals surface area contributed by atoms with Gasteiger partial charge in [-0.1, -0.05) is 30.3 Å². The molecule has 23 heavy (non-hydrogen) atoms. The second-order valence-electron chi connectivity index (χ2n) is 6.05. The van der Waals surface area contributed by atoms with Crippen molar-refractivity contribution in [1.82, 2.24) is 9.55 Å². The van der Waals surface area contributed by atoms with Crippen LogP contribution in [0.5, 0.6) is 0 Å². The van der Waals surface area contributed by atoms with Crippen LogP contribution in [-0.4, -0.2) is 16.2 Å². The van der Waals surface area contributed by atoms with Gasteiger partial charge in [-0.15, -0.1) is 0 Å². The third-order valence-corrected chi connectivity index (χ3v) is 4.53. The Hall–Kier alpha value is -2.17. The van der Waals surface area contributed by atoms with E-state index in [1.807, 2.05) is 12.4 Å². The van der Waals surface area contributed by atoms with Crippen LogP contribution in [0.2, 0.25) is 0 Å². The van der Waals surface area contributed by atoms with Crippen LogP contribution in [0.3, 0.4) is 0 Å².